The van der Waals surface area contributed by atoms with Gasteiger partial charge in [-0.1, -0.05) is 0 Å². The maximum atomic E-state index is 2.34. The molecular weight excluding hydrogens is 752 g/mol. The molecule has 0 N–H and O–H groups in total. The van der Waals surface area contributed by atoms with Crippen LogP contribution in [0.5, 0.6) is 0 Å². The van der Waals surface area contributed by atoms with E-state index in [1.165, 1.54) is 86.9 Å². The molecule has 0 fully saturated rings. The van der Waals surface area contributed by atoms with Crippen LogP contribution in [-0.2, 0) is 15.0 Å². The number of rotatable bonds is 10. The quantitative estimate of drug-likeness (QED) is 0.121. The van der Waals surface area contributed by atoms with Gasteiger partial charge in [-0.2, -0.15) is 0 Å². The van der Waals surface area contributed by atoms with Gasteiger partial charge in [-0.25, -0.2) is 0 Å². The van der Waals surface area contributed by atoms with Gasteiger partial charge in [0, 0.05) is 0 Å². The topological polar surface area (TPSA) is 0 Å². The van der Waals surface area contributed by atoms with Crippen molar-refractivity contribution in [2.75, 3.05) is 0 Å². The van der Waals surface area contributed by atoms with Crippen LogP contribution < -0.4 is 0 Å². The summed E-state index contributed by atoms with van der Waals surface area (Å²) in [6.45, 7) is 0. The molecule has 0 bridgehead atoms. The molecule has 0 aromatic heterocycles. The first-order chi connectivity index (χ1) is 29.3. The second-order valence-corrected chi connectivity index (χ2v) is 16.4. The van der Waals surface area contributed by atoms with E-state index < -0.39 is 0 Å². The van der Waals surface area contributed by atoms with Crippen molar-refractivity contribution < 1.29 is 15.0 Å². The van der Waals surface area contributed by atoms with Gasteiger partial charge in [-0.3, -0.25) is 0 Å². The van der Waals surface area contributed by atoms with Gasteiger partial charge in [0.05, 0.1) is 0 Å². The van der Waals surface area contributed by atoms with Crippen LogP contribution in [0.1, 0.15) is 56.3 Å². The van der Waals surface area contributed by atoms with E-state index in [2.05, 4.69) is 243 Å². The molecule has 0 amide bonds. The fourth-order valence-corrected chi connectivity index (χ4v) is 11.2. The molecule has 2 aliphatic carbocycles. The van der Waals surface area contributed by atoms with Gasteiger partial charge in [0.1, 0.15) is 0 Å². The van der Waals surface area contributed by atoms with Gasteiger partial charge in [0.15, 0.2) is 0 Å². The maximum absolute atomic E-state index is 2.34. The molecule has 2 aliphatic rings. The molecule has 8 aromatic carbocycles. The third-order valence-electron chi connectivity index (χ3n) is 11.4. The predicted molar refractivity (Wildman–Crippen MR) is 244 cm³/mol. The van der Waals surface area contributed by atoms with Crippen LogP contribution in [0.15, 0.2) is 252 Å². The van der Waals surface area contributed by atoms with Crippen LogP contribution in [-0.4, -0.2) is 0 Å². The van der Waals surface area contributed by atoms with Gasteiger partial charge in [-0.15, -0.1) is 0 Å². The van der Waals surface area contributed by atoms with E-state index in [4.69, 9.17) is 0 Å². The van der Waals surface area contributed by atoms with E-state index in [1.807, 2.05) is 0 Å². The molecule has 0 spiro atoms. The molecule has 0 nitrogen and oxygen atoms in total. The van der Waals surface area contributed by atoms with Gasteiger partial charge in [0.25, 0.3) is 0 Å². The zero-order valence-corrected chi connectivity index (χ0v) is 33.7. The fourth-order valence-electron chi connectivity index (χ4n) is 8.96. The van der Waals surface area contributed by atoms with E-state index in [0.717, 1.165) is 15.0 Å². The predicted octanol–water partition coefficient (Wildman–Crippen LogP) is 14.7. The van der Waals surface area contributed by atoms with Crippen LogP contribution in [0.4, 0.5) is 0 Å². The van der Waals surface area contributed by atoms with E-state index in [-0.39, 0.29) is 11.8 Å². The minimum absolute atomic E-state index is 0.00547. The number of hydrogen-bond donors (Lipinski definition) is 0. The molecule has 10 rings (SSSR count). The Labute approximate surface area is 354 Å². The summed E-state index contributed by atoms with van der Waals surface area (Å²) in [6, 6.07) is 89.2. The van der Waals surface area contributed by atoms with Gasteiger partial charge in [0.2, 0.25) is 0 Å². The molecule has 59 heavy (non-hydrogen) atoms. The molecular formula is C58H42Fe. The summed E-state index contributed by atoms with van der Waals surface area (Å²) in [5, 5.41) is 0. The summed E-state index contributed by atoms with van der Waals surface area (Å²) in [5.41, 5.74) is 18.0. The normalized spacial score (nSPS) is 16.7. The van der Waals surface area contributed by atoms with Gasteiger partial charge < -0.3 is 0 Å². The third-order valence-corrected chi connectivity index (χ3v) is 13.2. The van der Waals surface area contributed by atoms with Crippen molar-refractivity contribution in [2.24, 2.45) is 0 Å². The molecule has 0 saturated carbocycles. The van der Waals surface area contributed by atoms with Crippen LogP contribution in [0, 0.1) is 0 Å². The number of hydrogen-bond acceptors (Lipinski definition) is 0. The van der Waals surface area contributed by atoms with E-state index >= 15 is 0 Å². The zero-order chi connectivity index (χ0) is 39.4. The van der Waals surface area contributed by atoms with Crippen LogP contribution in [0.3, 0.4) is 0 Å². The van der Waals surface area contributed by atoms with Crippen molar-refractivity contribution in [3.05, 3.63) is 296 Å². The van der Waals surface area contributed by atoms with Crippen molar-refractivity contribution in [2.45, 2.75) is 11.8 Å². The van der Waals surface area contributed by atoms with Crippen LogP contribution in [0.2, 0.25) is 0 Å². The number of benzene rings is 8. The van der Waals surface area contributed by atoms with E-state index in [9.17, 15) is 0 Å². The summed E-state index contributed by atoms with van der Waals surface area (Å²) in [5.74, 6) is 0.0109. The van der Waals surface area contributed by atoms with Crippen LogP contribution >= 0.6 is 0 Å². The summed E-state index contributed by atoms with van der Waals surface area (Å²) >= 11 is 0.771. The minimum atomic E-state index is 0.00547. The molecule has 0 aliphatic heterocycles. The summed E-state index contributed by atoms with van der Waals surface area (Å²) in [4.78, 5) is 0. The Morgan fingerprint density at radius 3 is 0.712 bits per heavy atom. The average molecular weight is 795 g/mol. The second-order valence-electron chi connectivity index (χ2n) is 15.0. The van der Waals surface area contributed by atoms with Crippen molar-refractivity contribution in [3.8, 4) is 0 Å². The monoisotopic (exact) mass is 794 g/mol. The Bertz CT molecular complexity index is 2620. The Kier molecular flexibility index (Phi) is 10.3. The van der Waals surface area contributed by atoms with Crippen LogP contribution in [0.25, 0.3) is 33.4 Å². The van der Waals surface area contributed by atoms with Gasteiger partial charge in [-0.05, 0) is 0 Å². The van der Waals surface area contributed by atoms with E-state index in [0.29, 0.717) is 0 Å². The molecule has 2 atom stereocenters. The molecule has 0 saturated heterocycles. The van der Waals surface area contributed by atoms with Crippen molar-refractivity contribution in [1.82, 2.24) is 0 Å². The van der Waals surface area contributed by atoms with Crippen molar-refractivity contribution >= 4 is 33.4 Å². The first-order valence-corrected chi connectivity index (χ1v) is 21.5. The SMILES string of the molecule is c1ccc(C2=[C]([Fe][C]3=C(c4ccccc4)C(c4ccccc4)=C(c4ccccc4)C3c3ccccc3)C(c3ccccc3)C(c3ccccc3)=C2c2ccccc2)cc1. The Morgan fingerprint density at radius 1 is 0.220 bits per heavy atom. The molecule has 0 radical (unpaired) electrons. The molecule has 8 aromatic rings. The molecule has 1 heteroatoms. The van der Waals surface area contributed by atoms with Crippen molar-refractivity contribution in [3.63, 3.8) is 0 Å². The molecule has 282 valence electrons. The average Bonchev–Trinajstić information content (AvgIpc) is 3.85. The van der Waals surface area contributed by atoms with E-state index in [1.54, 1.807) is 0 Å². The first-order valence-electron chi connectivity index (χ1n) is 20.4. The summed E-state index contributed by atoms with van der Waals surface area (Å²) in [6.07, 6.45) is 0. The first kappa shape index (κ1) is 36.6. The number of allylic oxidation sites excluding steroid dienone is 8. The Morgan fingerprint density at radius 2 is 0.441 bits per heavy atom. The fraction of sp³-hybridized carbons (Fsp3) is 0.0345. The summed E-state index contributed by atoms with van der Waals surface area (Å²) in [7, 11) is 0. The Hall–Kier alpha value is -6.76. The molecule has 2 unspecified atom stereocenters. The zero-order valence-electron chi connectivity index (χ0n) is 32.6. The Balaban J connectivity index is 1.33. The summed E-state index contributed by atoms with van der Waals surface area (Å²) < 4.78 is 2.84. The van der Waals surface area contributed by atoms with Crippen molar-refractivity contribution in [1.29, 1.82) is 0 Å². The molecule has 0 heterocycles. The second kappa shape index (κ2) is 16.6. The third kappa shape index (κ3) is 7.00. The standard InChI is InChI=1S/2C29H21.Fe/c2*1-5-13-22(14-6-1)26-21-27(23-15-7-2-8-16-23)29(25-19-11-4-12-20-25)28(26)24-17-9-3-10-18-24;/h2*1-20,26H;. The van der Waals surface area contributed by atoms with Gasteiger partial charge >= 0.3 is 356 Å².